The molecule has 0 saturated heterocycles. The van der Waals surface area contributed by atoms with Crippen molar-refractivity contribution in [1.29, 1.82) is 10.5 Å². The van der Waals surface area contributed by atoms with Gasteiger partial charge in [-0.15, -0.1) is 0 Å². The van der Waals surface area contributed by atoms with Crippen LogP contribution in [0.25, 0.3) is 6.08 Å². The molecule has 1 aromatic heterocycles. The number of allylic oxidation sites excluding steroid dienone is 1. The van der Waals surface area contributed by atoms with Crippen molar-refractivity contribution >= 4 is 11.8 Å². The fourth-order valence-electron chi connectivity index (χ4n) is 0.919. The van der Waals surface area contributed by atoms with E-state index in [9.17, 15) is 10.1 Å². The Balaban J connectivity index is 3.25. The summed E-state index contributed by atoms with van der Waals surface area (Å²) in [7, 11) is 0. The molecule has 0 radical (unpaired) electrons. The summed E-state index contributed by atoms with van der Waals surface area (Å²) in [5.41, 5.74) is -0.200. The van der Waals surface area contributed by atoms with Crippen LogP contribution in [0.15, 0.2) is 18.3 Å². The Hall–Kier alpha value is -2.73. The second-order valence-corrected chi connectivity index (χ2v) is 2.47. The van der Waals surface area contributed by atoms with Crippen molar-refractivity contribution in [3.05, 3.63) is 39.7 Å². The molecule has 6 heteroatoms. The number of rotatable bonds is 2. The van der Waals surface area contributed by atoms with Gasteiger partial charge in [0.05, 0.1) is 11.0 Å². The van der Waals surface area contributed by atoms with E-state index in [1.807, 2.05) is 0 Å². The van der Waals surface area contributed by atoms with Crippen LogP contribution in [0.2, 0.25) is 0 Å². The minimum atomic E-state index is -0.685. The molecule has 72 valence electrons. The molecule has 0 N–H and O–H groups in total. The summed E-state index contributed by atoms with van der Waals surface area (Å²) in [6, 6.07) is 4.56. The molecule has 6 nitrogen and oxygen atoms in total. The van der Waals surface area contributed by atoms with Gasteiger partial charge in [-0.1, -0.05) is 0 Å². The fraction of sp³-hybridized carbons (Fsp3) is 0. The summed E-state index contributed by atoms with van der Waals surface area (Å²) in [6.07, 6.45) is 3.84. The second-order valence-electron chi connectivity index (χ2n) is 2.47. The molecule has 0 unspecified atom stereocenters. The molecule has 0 aromatic carbocycles. The summed E-state index contributed by atoms with van der Waals surface area (Å²) in [6.45, 7) is 0. The van der Waals surface area contributed by atoms with Crippen LogP contribution in [0, 0.1) is 32.8 Å². The predicted octanol–water partition coefficient (Wildman–Crippen LogP) is 1.40. The van der Waals surface area contributed by atoms with Gasteiger partial charge in [-0.25, -0.2) is 4.98 Å². The molecular formula is C9H4N4O2. The Kier molecular flexibility index (Phi) is 3.10. The standard InChI is InChI=1S/C9H4N4O2/c10-3-1-2-7-4-9(13(14)15)8(5-11)12-6-7/h1-2,4,6H. The molecule has 0 amide bonds. The number of nitriles is 2. The first-order valence-corrected chi connectivity index (χ1v) is 3.79. The first-order valence-electron chi connectivity index (χ1n) is 3.79. The highest BCUT2D eigenvalue weighted by Crippen LogP contribution is 2.17. The summed E-state index contributed by atoms with van der Waals surface area (Å²) in [4.78, 5) is 13.5. The van der Waals surface area contributed by atoms with Crippen molar-refractivity contribution in [3.8, 4) is 12.1 Å². The monoisotopic (exact) mass is 200 g/mol. The molecule has 1 aromatic rings. The molecule has 0 aliphatic heterocycles. The average molecular weight is 200 g/mol. The Morgan fingerprint density at radius 3 is 2.80 bits per heavy atom. The van der Waals surface area contributed by atoms with Crippen molar-refractivity contribution in [1.82, 2.24) is 4.98 Å². The Morgan fingerprint density at radius 2 is 2.27 bits per heavy atom. The smallest absolute Gasteiger partial charge is 0.258 e. The molecule has 1 rings (SSSR count). The Morgan fingerprint density at radius 1 is 1.53 bits per heavy atom. The number of pyridine rings is 1. The second kappa shape index (κ2) is 4.49. The normalized spacial score (nSPS) is 9.47. The summed E-state index contributed by atoms with van der Waals surface area (Å²) >= 11 is 0. The molecule has 15 heavy (non-hydrogen) atoms. The van der Waals surface area contributed by atoms with Crippen LogP contribution in [-0.2, 0) is 0 Å². The van der Waals surface area contributed by atoms with Gasteiger partial charge in [-0.2, -0.15) is 10.5 Å². The number of nitro groups is 1. The van der Waals surface area contributed by atoms with Gasteiger partial charge in [0.1, 0.15) is 6.07 Å². The number of hydrogen-bond donors (Lipinski definition) is 0. The van der Waals surface area contributed by atoms with Gasteiger partial charge in [0.25, 0.3) is 0 Å². The van der Waals surface area contributed by atoms with Crippen molar-refractivity contribution in [3.63, 3.8) is 0 Å². The van der Waals surface area contributed by atoms with Crippen molar-refractivity contribution in [2.24, 2.45) is 0 Å². The van der Waals surface area contributed by atoms with Crippen LogP contribution in [0.1, 0.15) is 11.3 Å². The van der Waals surface area contributed by atoms with Crippen molar-refractivity contribution in [2.45, 2.75) is 0 Å². The van der Waals surface area contributed by atoms with Gasteiger partial charge in [-0.3, -0.25) is 10.1 Å². The zero-order valence-electron chi connectivity index (χ0n) is 7.41. The average Bonchev–Trinajstić information content (AvgIpc) is 2.25. The summed E-state index contributed by atoms with van der Waals surface area (Å²) < 4.78 is 0. The first kappa shape index (κ1) is 10.4. The third kappa shape index (κ3) is 2.36. The molecule has 0 saturated carbocycles. The van der Waals surface area contributed by atoms with E-state index in [2.05, 4.69) is 4.98 Å². The molecule has 1 heterocycles. The van der Waals surface area contributed by atoms with Crippen molar-refractivity contribution < 1.29 is 4.92 Å². The van der Waals surface area contributed by atoms with Gasteiger partial charge < -0.3 is 0 Å². The number of hydrogen-bond acceptors (Lipinski definition) is 5. The molecule has 0 atom stereocenters. The van der Waals surface area contributed by atoms with Crippen molar-refractivity contribution in [2.75, 3.05) is 0 Å². The van der Waals surface area contributed by atoms with E-state index >= 15 is 0 Å². The lowest BCUT2D eigenvalue weighted by atomic mass is 10.2. The lowest BCUT2D eigenvalue weighted by Crippen LogP contribution is -1.95. The van der Waals surface area contributed by atoms with Crippen LogP contribution in [0.4, 0.5) is 5.69 Å². The van der Waals surface area contributed by atoms with Gasteiger partial charge in [0.2, 0.25) is 5.69 Å². The summed E-state index contributed by atoms with van der Waals surface area (Å²) in [5.74, 6) is 0. The van der Waals surface area contributed by atoms with Crippen LogP contribution < -0.4 is 0 Å². The molecule has 0 fully saturated rings. The van der Waals surface area contributed by atoms with Gasteiger partial charge >= 0.3 is 5.69 Å². The van der Waals surface area contributed by atoms with E-state index < -0.39 is 4.92 Å². The van der Waals surface area contributed by atoms with E-state index in [4.69, 9.17) is 10.5 Å². The van der Waals surface area contributed by atoms with Gasteiger partial charge in [0.15, 0.2) is 0 Å². The molecule has 0 aliphatic rings. The number of aromatic nitrogens is 1. The van der Waals surface area contributed by atoms with Crippen LogP contribution >= 0.6 is 0 Å². The molecule has 0 bridgehead atoms. The van der Waals surface area contributed by atoms with Gasteiger partial charge in [0, 0.05) is 23.9 Å². The quantitative estimate of drug-likeness (QED) is 0.407. The maximum Gasteiger partial charge on any atom is 0.306 e. The van der Waals surface area contributed by atoms with E-state index in [1.54, 1.807) is 12.1 Å². The maximum absolute atomic E-state index is 10.5. The lowest BCUT2D eigenvalue weighted by Gasteiger charge is -1.95. The van der Waals surface area contributed by atoms with E-state index in [1.165, 1.54) is 24.4 Å². The third-order valence-corrected chi connectivity index (χ3v) is 1.54. The minimum Gasteiger partial charge on any atom is -0.258 e. The highest BCUT2D eigenvalue weighted by atomic mass is 16.6. The minimum absolute atomic E-state index is 0.242. The molecule has 0 spiro atoms. The summed E-state index contributed by atoms with van der Waals surface area (Å²) in [5, 5.41) is 27.3. The van der Waals surface area contributed by atoms with Crippen LogP contribution in [0.5, 0.6) is 0 Å². The van der Waals surface area contributed by atoms with Crippen LogP contribution in [0.3, 0.4) is 0 Å². The van der Waals surface area contributed by atoms with E-state index in [0.29, 0.717) is 5.56 Å². The molecule has 0 aliphatic carbocycles. The number of nitrogens with zero attached hydrogens (tertiary/aromatic N) is 4. The zero-order valence-corrected chi connectivity index (χ0v) is 7.41. The lowest BCUT2D eigenvalue weighted by molar-refractivity contribution is -0.385. The van der Waals surface area contributed by atoms with E-state index in [0.717, 1.165) is 0 Å². The largest absolute Gasteiger partial charge is 0.306 e. The molecular weight excluding hydrogens is 196 g/mol. The van der Waals surface area contributed by atoms with E-state index in [-0.39, 0.29) is 11.4 Å². The third-order valence-electron chi connectivity index (χ3n) is 1.54. The Labute approximate surface area is 84.9 Å². The maximum atomic E-state index is 10.5. The van der Waals surface area contributed by atoms with Crippen LogP contribution in [-0.4, -0.2) is 9.91 Å². The zero-order chi connectivity index (χ0) is 11.3. The SMILES string of the molecule is N#CC=Cc1cnc(C#N)c([N+](=O)[O-])c1. The highest BCUT2D eigenvalue weighted by Gasteiger charge is 2.14. The Bertz CT molecular complexity index is 508. The predicted molar refractivity (Wildman–Crippen MR) is 50.3 cm³/mol. The van der Waals surface area contributed by atoms with Gasteiger partial charge in [-0.05, 0) is 6.08 Å². The highest BCUT2D eigenvalue weighted by molar-refractivity contribution is 5.57. The topological polar surface area (TPSA) is 104 Å². The first-order chi connectivity index (χ1) is 7.19. The fourth-order valence-corrected chi connectivity index (χ4v) is 0.919.